The van der Waals surface area contributed by atoms with Gasteiger partial charge in [-0.25, -0.2) is 0 Å². The Morgan fingerprint density at radius 2 is 2.06 bits per heavy atom. The van der Waals surface area contributed by atoms with E-state index in [1.165, 1.54) is 31.2 Å². The van der Waals surface area contributed by atoms with Gasteiger partial charge in [0.15, 0.2) is 0 Å². The van der Waals surface area contributed by atoms with Crippen molar-refractivity contribution < 1.29 is 0 Å². The summed E-state index contributed by atoms with van der Waals surface area (Å²) in [4.78, 5) is 2.41. The normalized spacial score (nSPS) is 16.0. The van der Waals surface area contributed by atoms with Crippen LogP contribution in [0.25, 0.3) is 0 Å². The number of rotatable bonds is 6. The Labute approximate surface area is 111 Å². The second kappa shape index (κ2) is 6.35. The van der Waals surface area contributed by atoms with Gasteiger partial charge in [0, 0.05) is 6.54 Å². The van der Waals surface area contributed by atoms with E-state index in [1.54, 1.807) is 11.1 Å². The maximum absolute atomic E-state index is 5.65. The van der Waals surface area contributed by atoms with E-state index in [4.69, 9.17) is 5.73 Å². The predicted molar refractivity (Wildman–Crippen MR) is 77.6 cm³/mol. The van der Waals surface area contributed by atoms with Crippen LogP contribution in [-0.2, 0) is 19.4 Å². The van der Waals surface area contributed by atoms with Gasteiger partial charge >= 0.3 is 0 Å². The van der Waals surface area contributed by atoms with Crippen LogP contribution in [0.1, 0.15) is 36.5 Å². The van der Waals surface area contributed by atoms with Crippen LogP contribution in [0.15, 0.2) is 18.2 Å². The highest BCUT2D eigenvalue weighted by Crippen LogP contribution is 2.23. The minimum Gasteiger partial charge on any atom is -0.330 e. The Kier molecular flexibility index (Phi) is 4.79. The first-order valence-electron chi connectivity index (χ1n) is 7.18. The molecule has 1 aromatic carbocycles. The molecule has 1 aliphatic carbocycles. The molecule has 1 atom stereocenters. The van der Waals surface area contributed by atoms with Gasteiger partial charge in [0.25, 0.3) is 0 Å². The highest BCUT2D eigenvalue weighted by atomic mass is 15.1. The lowest BCUT2D eigenvalue weighted by molar-refractivity contribution is 0.300. The fourth-order valence-electron chi connectivity index (χ4n) is 2.67. The van der Waals surface area contributed by atoms with E-state index >= 15 is 0 Å². The van der Waals surface area contributed by atoms with Crippen molar-refractivity contribution in [3.05, 3.63) is 34.9 Å². The van der Waals surface area contributed by atoms with Crippen LogP contribution in [0.4, 0.5) is 0 Å². The zero-order valence-corrected chi connectivity index (χ0v) is 11.8. The maximum atomic E-state index is 5.65. The highest BCUT2D eigenvalue weighted by Gasteiger charge is 2.11. The van der Waals surface area contributed by atoms with E-state index in [0.717, 1.165) is 19.6 Å². The average Bonchev–Trinajstić information content (AvgIpc) is 2.83. The van der Waals surface area contributed by atoms with Gasteiger partial charge in [0.1, 0.15) is 0 Å². The van der Waals surface area contributed by atoms with Crippen molar-refractivity contribution >= 4 is 0 Å². The Balaban J connectivity index is 1.85. The van der Waals surface area contributed by atoms with Crippen molar-refractivity contribution in [2.75, 3.05) is 20.1 Å². The molecular formula is C16H26N2. The Hall–Kier alpha value is -0.860. The molecule has 0 bridgehead atoms. The van der Waals surface area contributed by atoms with Crippen LogP contribution in [0.5, 0.6) is 0 Å². The summed E-state index contributed by atoms with van der Waals surface area (Å²) < 4.78 is 0. The van der Waals surface area contributed by atoms with E-state index in [1.807, 2.05) is 0 Å². The van der Waals surface area contributed by atoms with Crippen molar-refractivity contribution in [1.29, 1.82) is 0 Å². The van der Waals surface area contributed by atoms with Crippen LogP contribution in [0.3, 0.4) is 0 Å². The molecule has 2 heteroatoms. The van der Waals surface area contributed by atoms with Gasteiger partial charge in [0.2, 0.25) is 0 Å². The molecule has 0 saturated carbocycles. The third-order valence-corrected chi connectivity index (χ3v) is 4.02. The molecule has 0 aliphatic heterocycles. The van der Waals surface area contributed by atoms with Crippen LogP contribution in [0, 0.1) is 5.92 Å². The summed E-state index contributed by atoms with van der Waals surface area (Å²) in [6.45, 7) is 5.22. The molecule has 2 N–H and O–H groups in total. The second-order valence-electron chi connectivity index (χ2n) is 5.82. The molecule has 1 aliphatic rings. The lowest BCUT2D eigenvalue weighted by Crippen LogP contribution is -2.23. The Morgan fingerprint density at radius 3 is 2.83 bits per heavy atom. The van der Waals surface area contributed by atoms with Crippen LogP contribution >= 0.6 is 0 Å². The molecule has 100 valence electrons. The summed E-state index contributed by atoms with van der Waals surface area (Å²) in [6, 6.07) is 7.03. The number of hydrogen-bond donors (Lipinski definition) is 1. The smallest absolute Gasteiger partial charge is 0.0230 e. The SMILES string of the molecule is CC(CN)CCN(C)Cc1ccc2c(c1)CCC2. The van der Waals surface area contributed by atoms with Gasteiger partial charge in [-0.3, -0.25) is 0 Å². The molecule has 0 fully saturated rings. The van der Waals surface area contributed by atoms with Gasteiger partial charge in [-0.2, -0.15) is 0 Å². The molecule has 1 aromatic rings. The van der Waals surface area contributed by atoms with Crippen molar-refractivity contribution in [2.45, 2.75) is 39.2 Å². The lowest BCUT2D eigenvalue weighted by Gasteiger charge is -2.19. The van der Waals surface area contributed by atoms with Crippen molar-refractivity contribution in [2.24, 2.45) is 11.7 Å². The van der Waals surface area contributed by atoms with Gasteiger partial charge in [-0.1, -0.05) is 25.1 Å². The zero-order chi connectivity index (χ0) is 13.0. The van der Waals surface area contributed by atoms with Crippen LogP contribution < -0.4 is 5.73 Å². The van der Waals surface area contributed by atoms with Gasteiger partial charge in [-0.05, 0) is 68.4 Å². The monoisotopic (exact) mass is 246 g/mol. The van der Waals surface area contributed by atoms with E-state index in [0.29, 0.717) is 5.92 Å². The minimum atomic E-state index is 0.632. The molecule has 2 nitrogen and oxygen atoms in total. The largest absolute Gasteiger partial charge is 0.330 e. The third-order valence-electron chi connectivity index (χ3n) is 4.02. The van der Waals surface area contributed by atoms with Crippen molar-refractivity contribution in [1.82, 2.24) is 4.90 Å². The van der Waals surface area contributed by atoms with E-state index in [-0.39, 0.29) is 0 Å². The fourth-order valence-corrected chi connectivity index (χ4v) is 2.67. The Bertz CT molecular complexity index is 387. The number of nitrogens with zero attached hydrogens (tertiary/aromatic N) is 1. The molecule has 0 saturated heterocycles. The van der Waals surface area contributed by atoms with E-state index < -0.39 is 0 Å². The summed E-state index contributed by atoms with van der Waals surface area (Å²) in [5.41, 5.74) is 10.3. The Morgan fingerprint density at radius 1 is 1.28 bits per heavy atom. The van der Waals surface area contributed by atoms with Crippen molar-refractivity contribution in [3.63, 3.8) is 0 Å². The average molecular weight is 246 g/mol. The summed E-state index contributed by atoms with van der Waals surface area (Å²) in [5.74, 6) is 0.632. The topological polar surface area (TPSA) is 29.3 Å². The van der Waals surface area contributed by atoms with Gasteiger partial charge in [0.05, 0.1) is 0 Å². The fraction of sp³-hybridized carbons (Fsp3) is 0.625. The summed E-state index contributed by atoms with van der Waals surface area (Å²) in [6.07, 6.45) is 5.08. The third kappa shape index (κ3) is 3.56. The molecule has 0 spiro atoms. The second-order valence-corrected chi connectivity index (χ2v) is 5.82. The zero-order valence-electron chi connectivity index (χ0n) is 11.8. The number of fused-ring (bicyclic) bond motifs is 1. The molecule has 0 amide bonds. The number of aryl methyl sites for hydroxylation is 2. The lowest BCUT2D eigenvalue weighted by atomic mass is 10.1. The first kappa shape index (κ1) is 13.6. The van der Waals surface area contributed by atoms with Gasteiger partial charge in [-0.15, -0.1) is 0 Å². The molecule has 18 heavy (non-hydrogen) atoms. The van der Waals surface area contributed by atoms with Crippen LogP contribution in [0.2, 0.25) is 0 Å². The number of benzene rings is 1. The first-order valence-corrected chi connectivity index (χ1v) is 7.18. The molecule has 2 rings (SSSR count). The standard InChI is InChI=1S/C16H26N2/c1-13(11-17)8-9-18(2)12-14-6-7-15-4-3-5-16(15)10-14/h6-7,10,13H,3-5,8-9,11-12,17H2,1-2H3. The van der Waals surface area contributed by atoms with Gasteiger partial charge < -0.3 is 10.6 Å². The molecular weight excluding hydrogens is 220 g/mol. The van der Waals surface area contributed by atoms with E-state index in [9.17, 15) is 0 Å². The molecule has 0 heterocycles. The maximum Gasteiger partial charge on any atom is 0.0230 e. The van der Waals surface area contributed by atoms with Crippen molar-refractivity contribution in [3.8, 4) is 0 Å². The van der Waals surface area contributed by atoms with E-state index in [2.05, 4.69) is 37.1 Å². The van der Waals surface area contributed by atoms with Crippen LogP contribution in [-0.4, -0.2) is 25.0 Å². The minimum absolute atomic E-state index is 0.632. The first-order chi connectivity index (χ1) is 8.69. The highest BCUT2D eigenvalue weighted by molar-refractivity contribution is 5.35. The number of hydrogen-bond acceptors (Lipinski definition) is 2. The summed E-state index contributed by atoms with van der Waals surface area (Å²) in [5, 5.41) is 0. The molecule has 0 radical (unpaired) electrons. The quantitative estimate of drug-likeness (QED) is 0.836. The summed E-state index contributed by atoms with van der Waals surface area (Å²) in [7, 11) is 2.20. The number of nitrogens with two attached hydrogens (primary N) is 1. The molecule has 0 aromatic heterocycles. The molecule has 1 unspecified atom stereocenters. The summed E-state index contributed by atoms with van der Waals surface area (Å²) >= 11 is 0. The predicted octanol–water partition coefficient (Wildman–Crippen LogP) is 2.59.